The van der Waals surface area contributed by atoms with Crippen LogP contribution in [-0.4, -0.2) is 34.7 Å². The van der Waals surface area contributed by atoms with Gasteiger partial charge in [0.25, 0.3) is 5.89 Å². The van der Waals surface area contributed by atoms with E-state index in [0.717, 1.165) is 13.1 Å². The minimum absolute atomic E-state index is 0.160. The van der Waals surface area contributed by atoms with E-state index >= 15 is 0 Å². The van der Waals surface area contributed by atoms with Gasteiger partial charge in [-0.05, 0) is 25.2 Å². The van der Waals surface area contributed by atoms with Crippen LogP contribution in [0.1, 0.15) is 25.7 Å². The summed E-state index contributed by atoms with van der Waals surface area (Å²) in [6, 6.07) is 5.94. The van der Waals surface area contributed by atoms with Crippen molar-refractivity contribution in [2.45, 2.75) is 19.9 Å². The first kappa shape index (κ1) is 14.6. The van der Waals surface area contributed by atoms with Gasteiger partial charge in [-0.2, -0.15) is 4.98 Å². The lowest BCUT2D eigenvalue weighted by molar-refractivity contribution is 0.278. The van der Waals surface area contributed by atoms with Gasteiger partial charge in [0, 0.05) is 6.54 Å². The molecule has 5 nitrogen and oxygen atoms in total. The van der Waals surface area contributed by atoms with Gasteiger partial charge in [0.15, 0.2) is 5.82 Å². The molecule has 108 valence electrons. The second-order valence-corrected chi connectivity index (χ2v) is 4.53. The van der Waals surface area contributed by atoms with Crippen molar-refractivity contribution in [3.05, 3.63) is 35.9 Å². The van der Waals surface area contributed by atoms with Crippen LogP contribution in [0.3, 0.4) is 0 Å². The molecule has 0 saturated carbocycles. The Morgan fingerprint density at radius 2 is 2.00 bits per heavy atom. The molecule has 1 aromatic heterocycles. The fraction of sp³-hybridized carbons (Fsp3) is 0.429. The average Bonchev–Trinajstić information content (AvgIpc) is 2.94. The van der Waals surface area contributed by atoms with Crippen molar-refractivity contribution in [3.63, 3.8) is 0 Å². The van der Waals surface area contributed by atoms with Crippen molar-refractivity contribution in [2.75, 3.05) is 19.6 Å². The standard InChI is InChI=1S/C14H19FN4O/c1-3-19(4-2)9-12(16)13-17-14(20-18-13)10-7-5-6-8-11(10)15/h5-8,12H,3-4,9,16H2,1-2H3. The maximum Gasteiger partial charge on any atom is 0.260 e. The van der Waals surface area contributed by atoms with Gasteiger partial charge in [-0.15, -0.1) is 0 Å². The monoisotopic (exact) mass is 278 g/mol. The molecule has 2 rings (SSSR count). The zero-order valence-corrected chi connectivity index (χ0v) is 11.7. The number of halogens is 1. The summed E-state index contributed by atoms with van der Waals surface area (Å²) in [6.45, 7) is 6.59. The summed E-state index contributed by atoms with van der Waals surface area (Å²) in [5, 5.41) is 3.85. The number of rotatable bonds is 6. The largest absolute Gasteiger partial charge is 0.334 e. The van der Waals surface area contributed by atoms with Crippen molar-refractivity contribution < 1.29 is 8.91 Å². The SMILES string of the molecule is CCN(CC)CC(N)c1noc(-c2ccccc2F)n1. The third-order valence-corrected chi connectivity index (χ3v) is 3.23. The normalized spacial score (nSPS) is 12.8. The van der Waals surface area contributed by atoms with Crippen LogP contribution in [0.5, 0.6) is 0 Å². The molecule has 1 heterocycles. The molecule has 0 spiro atoms. The highest BCUT2D eigenvalue weighted by Gasteiger charge is 2.18. The van der Waals surface area contributed by atoms with Crippen LogP contribution in [-0.2, 0) is 0 Å². The molecule has 20 heavy (non-hydrogen) atoms. The Kier molecular flexibility index (Phi) is 4.81. The van der Waals surface area contributed by atoms with Crippen LogP contribution in [0, 0.1) is 5.82 Å². The van der Waals surface area contributed by atoms with Gasteiger partial charge in [-0.1, -0.05) is 31.1 Å². The van der Waals surface area contributed by atoms with Crippen LogP contribution in [0.4, 0.5) is 4.39 Å². The molecule has 0 radical (unpaired) electrons. The van der Waals surface area contributed by atoms with Gasteiger partial charge in [-0.3, -0.25) is 0 Å². The summed E-state index contributed by atoms with van der Waals surface area (Å²) in [5.41, 5.74) is 6.35. The Bertz CT molecular complexity index is 554. The minimum Gasteiger partial charge on any atom is -0.334 e. The number of nitrogens with zero attached hydrogens (tertiary/aromatic N) is 3. The third-order valence-electron chi connectivity index (χ3n) is 3.23. The first-order valence-electron chi connectivity index (χ1n) is 6.72. The van der Waals surface area contributed by atoms with E-state index < -0.39 is 0 Å². The molecular weight excluding hydrogens is 259 g/mol. The zero-order chi connectivity index (χ0) is 14.5. The van der Waals surface area contributed by atoms with Crippen LogP contribution in [0.2, 0.25) is 0 Å². The van der Waals surface area contributed by atoms with E-state index in [1.165, 1.54) is 6.07 Å². The highest BCUT2D eigenvalue weighted by atomic mass is 19.1. The highest BCUT2D eigenvalue weighted by molar-refractivity contribution is 5.53. The number of likely N-dealkylation sites (N-methyl/N-ethyl adjacent to an activating group) is 1. The van der Waals surface area contributed by atoms with E-state index in [0.29, 0.717) is 17.9 Å². The molecular formula is C14H19FN4O. The van der Waals surface area contributed by atoms with Gasteiger partial charge >= 0.3 is 0 Å². The number of benzene rings is 1. The Balaban J connectivity index is 2.15. The quantitative estimate of drug-likeness (QED) is 0.877. The summed E-state index contributed by atoms with van der Waals surface area (Å²) in [4.78, 5) is 6.36. The second-order valence-electron chi connectivity index (χ2n) is 4.53. The Morgan fingerprint density at radius 1 is 1.30 bits per heavy atom. The molecule has 0 amide bonds. The van der Waals surface area contributed by atoms with Crippen molar-refractivity contribution in [2.24, 2.45) is 5.73 Å². The zero-order valence-electron chi connectivity index (χ0n) is 11.7. The maximum absolute atomic E-state index is 13.6. The molecule has 0 aliphatic heterocycles. The van der Waals surface area contributed by atoms with Crippen LogP contribution < -0.4 is 5.73 Å². The molecule has 0 fully saturated rings. The predicted octanol–water partition coefficient (Wildman–Crippen LogP) is 2.22. The van der Waals surface area contributed by atoms with Crippen LogP contribution >= 0.6 is 0 Å². The van der Waals surface area contributed by atoms with Gasteiger partial charge < -0.3 is 15.2 Å². The fourth-order valence-corrected chi connectivity index (χ4v) is 1.97. The Morgan fingerprint density at radius 3 is 2.65 bits per heavy atom. The van der Waals surface area contributed by atoms with Crippen molar-refractivity contribution in [1.82, 2.24) is 15.0 Å². The first-order chi connectivity index (χ1) is 9.65. The molecule has 2 N–H and O–H groups in total. The first-order valence-corrected chi connectivity index (χ1v) is 6.72. The molecule has 6 heteroatoms. The number of nitrogens with two attached hydrogens (primary N) is 1. The summed E-state index contributed by atoms with van der Waals surface area (Å²) in [7, 11) is 0. The van der Waals surface area contributed by atoms with Crippen molar-refractivity contribution >= 4 is 0 Å². The van der Waals surface area contributed by atoms with Gasteiger partial charge in [0.1, 0.15) is 5.82 Å². The van der Waals surface area contributed by atoms with E-state index in [2.05, 4.69) is 28.9 Å². The topological polar surface area (TPSA) is 68.2 Å². The lowest BCUT2D eigenvalue weighted by atomic mass is 10.2. The Hall–Kier alpha value is -1.79. The lowest BCUT2D eigenvalue weighted by Crippen LogP contribution is -2.32. The van der Waals surface area contributed by atoms with E-state index in [1.54, 1.807) is 18.2 Å². The van der Waals surface area contributed by atoms with Gasteiger partial charge in [0.05, 0.1) is 11.6 Å². The molecule has 0 bridgehead atoms. The summed E-state index contributed by atoms with van der Waals surface area (Å²) < 4.78 is 18.7. The number of aromatic nitrogens is 2. The molecule has 0 aliphatic carbocycles. The maximum atomic E-state index is 13.6. The molecule has 0 saturated heterocycles. The predicted molar refractivity (Wildman–Crippen MR) is 74.4 cm³/mol. The van der Waals surface area contributed by atoms with E-state index in [9.17, 15) is 4.39 Å². The fourth-order valence-electron chi connectivity index (χ4n) is 1.97. The smallest absolute Gasteiger partial charge is 0.260 e. The van der Waals surface area contributed by atoms with Crippen molar-refractivity contribution in [3.8, 4) is 11.5 Å². The average molecular weight is 278 g/mol. The summed E-state index contributed by atoms with van der Waals surface area (Å²) in [6.07, 6.45) is 0. The molecule has 1 aromatic carbocycles. The van der Waals surface area contributed by atoms with E-state index in [4.69, 9.17) is 10.3 Å². The lowest BCUT2D eigenvalue weighted by Gasteiger charge is -2.20. The van der Waals surface area contributed by atoms with E-state index in [-0.39, 0.29) is 17.7 Å². The molecule has 0 aliphatic rings. The number of hydrogen-bond donors (Lipinski definition) is 1. The van der Waals surface area contributed by atoms with Crippen LogP contribution in [0.15, 0.2) is 28.8 Å². The van der Waals surface area contributed by atoms with Gasteiger partial charge in [0.2, 0.25) is 0 Å². The Labute approximate surface area is 117 Å². The van der Waals surface area contributed by atoms with Crippen molar-refractivity contribution in [1.29, 1.82) is 0 Å². The highest BCUT2D eigenvalue weighted by Crippen LogP contribution is 2.21. The third kappa shape index (κ3) is 3.20. The molecule has 2 aromatic rings. The molecule has 1 unspecified atom stereocenters. The summed E-state index contributed by atoms with van der Waals surface area (Å²) in [5.74, 6) is 0.170. The van der Waals surface area contributed by atoms with Gasteiger partial charge in [-0.25, -0.2) is 4.39 Å². The summed E-state index contributed by atoms with van der Waals surface area (Å²) >= 11 is 0. The van der Waals surface area contributed by atoms with Crippen LogP contribution in [0.25, 0.3) is 11.5 Å². The number of hydrogen-bond acceptors (Lipinski definition) is 5. The molecule has 1 atom stereocenters. The minimum atomic E-state index is -0.389. The van der Waals surface area contributed by atoms with E-state index in [1.807, 2.05) is 0 Å². The second kappa shape index (κ2) is 6.58.